The highest BCUT2D eigenvalue weighted by Crippen LogP contribution is 2.35. The Balaban J connectivity index is 1.72. The molecule has 32 heavy (non-hydrogen) atoms. The zero-order valence-electron chi connectivity index (χ0n) is 17.4. The van der Waals surface area contributed by atoms with E-state index < -0.39 is 28.9 Å². The predicted molar refractivity (Wildman–Crippen MR) is 113 cm³/mol. The van der Waals surface area contributed by atoms with Crippen molar-refractivity contribution >= 4 is 16.8 Å². The van der Waals surface area contributed by atoms with Gasteiger partial charge in [0.1, 0.15) is 6.54 Å². The highest BCUT2D eigenvalue weighted by atomic mass is 19.4. The van der Waals surface area contributed by atoms with Crippen LogP contribution < -0.4 is 11.2 Å². The summed E-state index contributed by atoms with van der Waals surface area (Å²) in [6.45, 7) is 1.25. The Kier molecular flexibility index (Phi) is 5.66. The van der Waals surface area contributed by atoms with E-state index in [2.05, 4.69) is 0 Å². The van der Waals surface area contributed by atoms with Crippen molar-refractivity contribution in [3.05, 3.63) is 80.5 Å². The quantitative estimate of drug-likeness (QED) is 0.584. The lowest BCUT2D eigenvalue weighted by Gasteiger charge is -2.25. The zero-order valence-corrected chi connectivity index (χ0v) is 17.4. The first kappa shape index (κ1) is 21.9. The molecular weight excluding hydrogens is 423 g/mol. The van der Waals surface area contributed by atoms with E-state index in [1.807, 2.05) is 0 Å². The van der Waals surface area contributed by atoms with Crippen LogP contribution in [0.3, 0.4) is 0 Å². The number of hydrogen-bond acceptors (Lipinski definition) is 3. The number of amides is 1. The van der Waals surface area contributed by atoms with Crippen molar-refractivity contribution in [1.82, 2.24) is 14.0 Å². The number of rotatable bonds is 6. The lowest BCUT2D eigenvalue weighted by molar-refractivity contribution is -0.140. The van der Waals surface area contributed by atoms with Gasteiger partial charge in [-0.25, -0.2) is 4.79 Å². The summed E-state index contributed by atoms with van der Waals surface area (Å²) in [5.41, 5.74) is -1.49. The molecule has 2 aromatic carbocycles. The van der Waals surface area contributed by atoms with Crippen molar-refractivity contribution in [3.63, 3.8) is 0 Å². The summed E-state index contributed by atoms with van der Waals surface area (Å²) in [6.07, 6.45) is -3.13. The molecule has 1 saturated carbocycles. The zero-order chi connectivity index (χ0) is 23.0. The van der Waals surface area contributed by atoms with E-state index in [1.54, 1.807) is 31.2 Å². The fourth-order valence-electron chi connectivity index (χ4n) is 3.95. The van der Waals surface area contributed by atoms with Gasteiger partial charge in [-0.2, -0.15) is 13.2 Å². The van der Waals surface area contributed by atoms with Crippen LogP contribution in [0.1, 0.15) is 30.9 Å². The maximum Gasteiger partial charge on any atom is 0.416 e. The minimum atomic E-state index is -4.53. The van der Waals surface area contributed by atoms with Crippen molar-refractivity contribution in [2.75, 3.05) is 0 Å². The molecule has 168 valence electrons. The summed E-state index contributed by atoms with van der Waals surface area (Å²) in [5.74, 6) is -0.460. The van der Waals surface area contributed by atoms with E-state index in [9.17, 15) is 27.6 Å². The molecule has 0 spiro atoms. The van der Waals surface area contributed by atoms with Crippen molar-refractivity contribution < 1.29 is 18.0 Å². The van der Waals surface area contributed by atoms with Crippen molar-refractivity contribution in [1.29, 1.82) is 0 Å². The lowest BCUT2D eigenvalue weighted by Crippen LogP contribution is -2.43. The highest BCUT2D eigenvalue weighted by Gasteiger charge is 2.37. The second-order valence-electron chi connectivity index (χ2n) is 7.84. The highest BCUT2D eigenvalue weighted by molar-refractivity contribution is 5.82. The molecule has 3 aromatic rings. The fourth-order valence-corrected chi connectivity index (χ4v) is 3.95. The molecule has 4 rings (SSSR count). The van der Waals surface area contributed by atoms with Crippen LogP contribution in [0.5, 0.6) is 0 Å². The average Bonchev–Trinajstić information content (AvgIpc) is 3.60. The van der Waals surface area contributed by atoms with E-state index in [0.717, 1.165) is 10.6 Å². The van der Waals surface area contributed by atoms with E-state index in [0.29, 0.717) is 23.7 Å². The van der Waals surface area contributed by atoms with Gasteiger partial charge in [-0.3, -0.25) is 18.7 Å². The number of halogens is 3. The molecule has 0 atom stereocenters. The normalized spacial score (nSPS) is 14.0. The van der Waals surface area contributed by atoms with Gasteiger partial charge in [-0.05, 0) is 43.5 Å². The first-order valence-electron chi connectivity index (χ1n) is 10.4. The molecule has 0 saturated heterocycles. The molecule has 0 bridgehead atoms. The molecule has 1 heterocycles. The van der Waals surface area contributed by atoms with E-state index in [-0.39, 0.29) is 31.2 Å². The van der Waals surface area contributed by atoms with Gasteiger partial charge in [0, 0.05) is 19.1 Å². The molecule has 1 aliphatic carbocycles. The molecule has 0 radical (unpaired) electrons. The van der Waals surface area contributed by atoms with Gasteiger partial charge in [0.25, 0.3) is 5.56 Å². The smallest absolute Gasteiger partial charge is 0.334 e. The number of aromatic nitrogens is 2. The summed E-state index contributed by atoms with van der Waals surface area (Å²) in [4.78, 5) is 40.2. The largest absolute Gasteiger partial charge is 0.416 e. The molecule has 1 aromatic heterocycles. The Bertz CT molecular complexity index is 1290. The number of benzene rings is 2. The molecule has 0 aliphatic heterocycles. The van der Waals surface area contributed by atoms with Gasteiger partial charge >= 0.3 is 11.9 Å². The number of alkyl halides is 3. The number of carbonyl (C=O) groups is 1. The molecule has 1 fully saturated rings. The molecular formula is C23H22F3N3O3. The minimum Gasteiger partial charge on any atom is -0.334 e. The lowest BCUT2D eigenvalue weighted by atomic mass is 10.1. The van der Waals surface area contributed by atoms with Crippen molar-refractivity contribution in [2.45, 2.75) is 51.6 Å². The third-order valence-electron chi connectivity index (χ3n) is 5.71. The van der Waals surface area contributed by atoms with Crippen LogP contribution in [0, 0.1) is 0 Å². The summed E-state index contributed by atoms with van der Waals surface area (Å²) in [6, 6.07) is 11.5. The fraction of sp³-hybridized carbons (Fsp3) is 0.348. The second-order valence-corrected chi connectivity index (χ2v) is 7.84. The van der Waals surface area contributed by atoms with Gasteiger partial charge in [0.2, 0.25) is 5.91 Å². The number of carbonyl (C=O) groups excluding carboxylic acids is 1. The van der Waals surface area contributed by atoms with Gasteiger partial charge in [0.05, 0.1) is 16.5 Å². The number of para-hydroxylation sites is 1. The van der Waals surface area contributed by atoms with Crippen LogP contribution in [0.2, 0.25) is 0 Å². The van der Waals surface area contributed by atoms with Gasteiger partial charge in [0.15, 0.2) is 0 Å². The molecule has 1 aliphatic rings. The maximum absolute atomic E-state index is 13.4. The Hall–Kier alpha value is -3.36. The Labute approximate surface area is 181 Å². The Morgan fingerprint density at radius 3 is 2.34 bits per heavy atom. The van der Waals surface area contributed by atoms with Crippen LogP contribution in [0.15, 0.2) is 58.1 Å². The van der Waals surface area contributed by atoms with Crippen LogP contribution in [0.4, 0.5) is 13.2 Å². The second kappa shape index (κ2) is 8.29. The third-order valence-corrected chi connectivity index (χ3v) is 5.71. The minimum absolute atomic E-state index is 0.0102. The van der Waals surface area contributed by atoms with Gasteiger partial charge < -0.3 is 4.90 Å². The summed E-state index contributed by atoms with van der Waals surface area (Å²) in [7, 11) is 0. The Morgan fingerprint density at radius 2 is 1.69 bits per heavy atom. The van der Waals surface area contributed by atoms with E-state index >= 15 is 0 Å². The van der Waals surface area contributed by atoms with Crippen LogP contribution >= 0.6 is 0 Å². The van der Waals surface area contributed by atoms with Gasteiger partial charge in [-0.15, -0.1) is 0 Å². The molecule has 9 heteroatoms. The molecule has 1 amide bonds. The molecule has 0 unspecified atom stereocenters. The van der Waals surface area contributed by atoms with Crippen molar-refractivity contribution in [3.8, 4) is 0 Å². The standard InChI is InChI=1S/C23H22F3N3O3/c1-2-27-21(31)17-8-4-6-10-19(17)29(22(27)32)14-20(30)28(16-11-12-16)13-15-7-3-5-9-18(15)23(24,25)26/h3-10,16H,2,11-14H2,1H3. The molecule has 6 nitrogen and oxygen atoms in total. The maximum atomic E-state index is 13.4. The van der Waals surface area contributed by atoms with Crippen LogP contribution in [0.25, 0.3) is 10.9 Å². The average molecular weight is 445 g/mol. The summed E-state index contributed by atoms with van der Waals surface area (Å²) >= 11 is 0. The number of nitrogens with zero attached hydrogens (tertiary/aromatic N) is 3. The van der Waals surface area contributed by atoms with Gasteiger partial charge in [-0.1, -0.05) is 30.3 Å². The number of fused-ring (bicyclic) bond motifs is 1. The monoisotopic (exact) mass is 445 g/mol. The van der Waals surface area contributed by atoms with E-state index in [4.69, 9.17) is 0 Å². The van der Waals surface area contributed by atoms with Crippen LogP contribution in [-0.4, -0.2) is 26.0 Å². The summed E-state index contributed by atoms with van der Waals surface area (Å²) < 4.78 is 42.6. The number of hydrogen-bond donors (Lipinski definition) is 0. The summed E-state index contributed by atoms with van der Waals surface area (Å²) in [5, 5.41) is 0.308. The first-order chi connectivity index (χ1) is 15.2. The van der Waals surface area contributed by atoms with Crippen LogP contribution in [-0.2, 0) is 30.6 Å². The SMILES string of the molecule is CCn1c(=O)c2ccccc2n(CC(=O)N(Cc2ccccc2C(F)(F)F)C2CC2)c1=O. The molecule has 0 N–H and O–H groups in total. The van der Waals surface area contributed by atoms with Crippen molar-refractivity contribution in [2.24, 2.45) is 0 Å². The third kappa shape index (κ3) is 4.06. The van der Waals surface area contributed by atoms with E-state index in [1.165, 1.54) is 27.7 Å². The topological polar surface area (TPSA) is 64.3 Å². The first-order valence-corrected chi connectivity index (χ1v) is 10.4. The predicted octanol–water partition coefficient (Wildman–Crippen LogP) is 3.39. The Morgan fingerprint density at radius 1 is 1.03 bits per heavy atom.